The van der Waals surface area contributed by atoms with Crippen LogP contribution in [0.15, 0.2) is 65.6 Å². The molecule has 0 aliphatic carbocycles. The number of benzene rings is 3. The molecular formula is C27H29N3O4S. The second kappa shape index (κ2) is 9.19. The standard InChI is InChI=1S/C27H29N3O4S/c1-17-14-19(3)26(20(4)15-17)35(33,34)30-23-13-9-7-11-21(23)28-27(32)24(30)16-25(31)29(5)22-12-8-6-10-18(22)2/h6-15,24H,16H2,1-5H3,(H,28,32). The zero-order chi connectivity index (χ0) is 25.5. The molecule has 4 rings (SSSR count). The van der Waals surface area contributed by atoms with Crippen molar-refractivity contribution in [2.45, 2.75) is 45.1 Å². The molecule has 0 fully saturated rings. The van der Waals surface area contributed by atoms with Gasteiger partial charge in [0.2, 0.25) is 11.8 Å². The van der Waals surface area contributed by atoms with E-state index in [1.807, 2.05) is 50.2 Å². The first-order valence-corrected chi connectivity index (χ1v) is 12.8. The minimum Gasteiger partial charge on any atom is -0.322 e. The molecule has 2 amide bonds. The van der Waals surface area contributed by atoms with Crippen LogP contribution in [-0.2, 0) is 19.6 Å². The number of amides is 2. The molecule has 1 heterocycles. The molecule has 0 spiro atoms. The van der Waals surface area contributed by atoms with Crippen molar-refractivity contribution in [1.82, 2.24) is 0 Å². The van der Waals surface area contributed by atoms with Crippen LogP contribution < -0.4 is 14.5 Å². The molecule has 1 atom stereocenters. The average Bonchev–Trinajstić information content (AvgIpc) is 2.78. The normalized spacial score (nSPS) is 15.4. The van der Waals surface area contributed by atoms with E-state index in [0.29, 0.717) is 28.2 Å². The predicted octanol–water partition coefficient (Wildman–Crippen LogP) is 4.49. The van der Waals surface area contributed by atoms with Crippen LogP contribution in [0.5, 0.6) is 0 Å². The van der Waals surface area contributed by atoms with Crippen LogP contribution in [0.4, 0.5) is 17.1 Å². The van der Waals surface area contributed by atoms with Gasteiger partial charge in [-0.05, 0) is 62.6 Å². The molecule has 0 bridgehead atoms. The summed E-state index contributed by atoms with van der Waals surface area (Å²) < 4.78 is 29.4. The highest BCUT2D eigenvalue weighted by molar-refractivity contribution is 7.93. The van der Waals surface area contributed by atoms with Crippen molar-refractivity contribution >= 4 is 38.9 Å². The van der Waals surface area contributed by atoms with Crippen molar-refractivity contribution in [3.05, 3.63) is 82.9 Å². The summed E-state index contributed by atoms with van der Waals surface area (Å²) in [5.74, 6) is -0.905. The summed E-state index contributed by atoms with van der Waals surface area (Å²) in [4.78, 5) is 28.2. The number of sulfonamides is 1. The topological polar surface area (TPSA) is 86.8 Å². The molecule has 0 saturated carbocycles. The molecule has 8 heteroatoms. The number of carbonyl (C=O) groups excluding carboxylic acids is 2. The summed E-state index contributed by atoms with van der Waals surface area (Å²) in [6, 6.07) is 16.5. The summed E-state index contributed by atoms with van der Waals surface area (Å²) in [5, 5.41) is 2.78. The van der Waals surface area contributed by atoms with Crippen molar-refractivity contribution in [1.29, 1.82) is 0 Å². The molecule has 0 radical (unpaired) electrons. The lowest BCUT2D eigenvalue weighted by Gasteiger charge is -2.38. The number of rotatable bonds is 5. The van der Waals surface area contributed by atoms with Crippen LogP contribution in [-0.4, -0.2) is 33.3 Å². The van der Waals surface area contributed by atoms with Gasteiger partial charge >= 0.3 is 0 Å². The Morgan fingerprint density at radius 2 is 1.54 bits per heavy atom. The van der Waals surface area contributed by atoms with E-state index in [9.17, 15) is 18.0 Å². The van der Waals surface area contributed by atoms with Crippen LogP contribution >= 0.6 is 0 Å². The molecule has 1 N–H and O–H groups in total. The largest absolute Gasteiger partial charge is 0.322 e. The van der Waals surface area contributed by atoms with Gasteiger partial charge in [-0.3, -0.25) is 13.9 Å². The number of carbonyl (C=O) groups is 2. The Balaban J connectivity index is 1.81. The first-order chi connectivity index (χ1) is 16.5. The number of anilines is 3. The van der Waals surface area contributed by atoms with Gasteiger partial charge in [0.05, 0.1) is 22.7 Å². The number of para-hydroxylation sites is 3. The zero-order valence-corrected chi connectivity index (χ0v) is 21.3. The van der Waals surface area contributed by atoms with E-state index >= 15 is 0 Å². The molecular weight excluding hydrogens is 462 g/mol. The van der Waals surface area contributed by atoms with E-state index in [0.717, 1.165) is 15.4 Å². The lowest BCUT2D eigenvalue weighted by Crippen LogP contribution is -2.53. The van der Waals surface area contributed by atoms with E-state index in [1.165, 1.54) is 4.90 Å². The third-order valence-corrected chi connectivity index (χ3v) is 8.45. The van der Waals surface area contributed by atoms with Gasteiger partial charge in [0.15, 0.2) is 0 Å². The molecule has 7 nitrogen and oxygen atoms in total. The van der Waals surface area contributed by atoms with Crippen LogP contribution in [0.1, 0.15) is 28.7 Å². The minimum absolute atomic E-state index is 0.150. The highest BCUT2D eigenvalue weighted by Crippen LogP contribution is 2.39. The van der Waals surface area contributed by atoms with Crippen molar-refractivity contribution in [3.63, 3.8) is 0 Å². The number of fused-ring (bicyclic) bond motifs is 1. The Morgan fingerprint density at radius 3 is 2.20 bits per heavy atom. The van der Waals surface area contributed by atoms with E-state index in [4.69, 9.17) is 0 Å². The Bertz CT molecular complexity index is 1410. The summed E-state index contributed by atoms with van der Waals surface area (Å²) >= 11 is 0. The quantitative estimate of drug-likeness (QED) is 0.570. The first-order valence-electron chi connectivity index (χ1n) is 11.4. The van der Waals surface area contributed by atoms with Crippen LogP contribution in [0, 0.1) is 27.7 Å². The number of hydrogen-bond acceptors (Lipinski definition) is 4. The van der Waals surface area contributed by atoms with Gasteiger partial charge in [-0.25, -0.2) is 8.42 Å². The second-order valence-corrected chi connectivity index (χ2v) is 10.7. The third-order valence-electron chi connectivity index (χ3n) is 6.33. The Morgan fingerprint density at radius 1 is 0.943 bits per heavy atom. The molecule has 35 heavy (non-hydrogen) atoms. The zero-order valence-electron chi connectivity index (χ0n) is 20.5. The van der Waals surface area contributed by atoms with E-state index < -0.39 is 22.0 Å². The van der Waals surface area contributed by atoms with Crippen molar-refractivity contribution in [3.8, 4) is 0 Å². The van der Waals surface area contributed by atoms with E-state index in [1.54, 1.807) is 45.2 Å². The SMILES string of the molecule is Cc1cc(C)c(S(=O)(=O)N2c3ccccc3NC(=O)C2CC(=O)N(C)c2ccccc2C)c(C)c1. The van der Waals surface area contributed by atoms with E-state index in [2.05, 4.69) is 5.32 Å². The molecule has 1 aliphatic heterocycles. The Labute approximate surface area is 206 Å². The summed E-state index contributed by atoms with van der Waals surface area (Å²) in [5.41, 5.74) is 4.46. The van der Waals surface area contributed by atoms with Gasteiger partial charge < -0.3 is 10.2 Å². The summed E-state index contributed by atoms with van der Waals surface area (Å²) in [6.07, 6.45) is -0.311. The van der Waals surface area contributed by atoms with Crippen LogP contribution in [0.25, 0.3) is 0 Å². The fraction of sp³-hybridized carbons (Fsp3) is 0.259. The number of aryl methyl sites for hydroxylation is 4. The molecule has 182 valence electrons. The smallest absolute Gasteiger partial charge is 0.265 e. The van der Waals surface area contributed by atoms with Gasteiger partial charge in [-0.2, -0.15) is 0 Å². The number of nitrogens with one attached hydrogen (secondary N) is 1. The highest BCUT2D eigenvalue weighted by Gasteiger charge is 2.43. The molecule has 1 aliphatic rings. The fourth-order valence-corrected chi connectivity index (χ4v) is 6.83. The van der Waals surface area contributed by atoms with Crippen LogP contribution in [0.2, 0.25) is 0 Å². The monoisotopic (exact) mass is 491 g/mol. The van der Waals surface area contributed by atoms with Crippen LogP contribution in [0.3, 0.4) is 0 Å². The Hall–Kier alpha value is -3.65. The molecule has 1 unspecified atom stereocenters. The number of nitrogens with zero attached hydrogens (tertiary/aromatic N) is 2. The van der Waals surface area contributed by atoms with Crippen molar-refractivity contribution in [2.75, 3.05) is 21.6 Å². The Kier molecular flexibility index (Phi) is 6.42. The van der Waals surface area contributed by atoms with Crippen molar-refractivity contribution in [2.24, 2.45) is 0 Å². The third kappa shape index (κ3) is 4.41. The molecule has 3 aromatic carbocycles. The highest BCUT2D eigenvalue weighted by atomic mass is 32.2. The fourth-order valence-electron chi connectivity index (χ4n) is 4.78. The van der Waals surface area contributed by atoms with Gasteiger partial charge in [0.1, 0.15) is 6.04 Å². The maximum absolute atomic E-state index is 14.2. The summed E-state index contributed by atoms with van der Waals surface area (Å²) in [7, 11) is -2.55. The summed E-state index contributed by atoms with van der Waals surface area (Å²) in [6.45, 7) is 7.29. The molecule has 0 saturated heterocycles. The lowest BCUT2D eigenvalue weighted by atomic mass is 10.1. The maximum atomic E-state index is 14.2. The molecule has 3 aromatic rings. The van der Waals surface area contributed by atoms with Gasteiger partial charge in [0, 0.05) is 12.7 Å². The predicted molar refractivity (Wildman–Crippen MR) is 138 cm³/mol. The first kappa shape index (κ1) is 24.5. The minimum atomic E-state index is -4.18. The lowest BCUT2D eigenvalue weighted by molar-refractivity contribution is -0.123. The van der Waals surface area contributed by atoms with E-state index in [-0.39, 0.29) is 17.2 Å². The van der Waals surface area contributed by atoms with Crippen molar-refractivity contribution < 1.29 is 18.0 Å². The average molecular weight is 492 g/mol. The van der Waals surface area contributed by atoms with Gasteiger partial charge in [-0.15, -0.1) is 0 Å². The maximum Gasteiger partial charge on any atom is 0.265 e. The second-order valence-electron chi connectivity index (χ2n) is 8.99. The number of hydrogen-bond donors (Lipinski definition) is 1. The van der Waals surface area contributed by atoms with Gasteiger partial charge in [0.25, 0.3) is 10.0 Å². The molecule has 0 aromatic heterocycles. The van der Waals surface area contributed by atoms with Gasteiger partial charge in [-0.1, -0.05) is 48.0 Å².